The van der Waals surface area contributed by atoms with Crippen molar-refractivity contribution < 1.29 is 92.0 Å². The van der Waals surface area contributed by atoms with Gasteiger partial charge >= 0.3 is 0 Å². The van der Waals surface area contributed by atoms with Crippen LogP contribution in [0.1, 0.15) is 196 Å². The molecule has 4 aromatic rings. The number of aromatic nitrogens is 1. The molecule has 5 amide bonds. The molecular weight excluding hydrogens is 1620 g/mol. The minimum absolute atomic E-state index is 0.00380. The van der Waals surface area contributed by atoms with Crippen LogP contribution < -0.4 is 86.6 Å². The third-order valence-electron chi connectivity index (χ3n) is 22.5. The van der Waals surface area contributed by atoms with Gasteiger partial charge in [-0.2, -0.15) is 0 Å². The van der Waals surface area contributed by atoms with Crippen LogP contribution in [0.3, 0.4) is 0 Å². The molecule has 1 aliphatic rings. The maximum absolute atomic E-state index is 15.1. The molecule has 0 radical (unpaired) electrons. The summed E-state index contributed by atoms with van der Waals surface area (Å²) in [7, 11) is 0. The maximum atomic E-state index is 15.1. The van der Waals surface area contributed by atoms with Crippen molar-refractivity contribution in [3.63, 3.8) is 0 Å². The van der Waals surface area contributed by atoms with Crippen LogP contribution in [0.4, 0.5) is 0 Å². The van der Waals surface area contributed by atoms with E-state index in [0.29, 0.717) is 55.2 Å². The third-order valence-corrected chi connectivity index (χ3v) is 22.5. The molecule has 1 aliphatic heterocycles. The summed E-state index contributed by atoms with van der Waals surface area (Å²) in [4.78, 5) is 226. The zero-order valence-electron chi connectivity index (χ0n) is 74.5. The van der Waals surface area contributed by atoms with Crippen LogP contribution in [-0.4, -0.2) is 242 Å². The Morgan fingerprint density at radius 1 is 0.603 bits per heavy atom. The first-order chi connectivity index (χ1) is 59.7. The number of carbonyl (C=O) groups excluding carboxylic acids is 16. The number of nitrogens with one attached hydrogen (secondary N) is 15. The minimum atomic E-state index is -1.79. The summed E-state index contributed by atoms with van der Waals surface area (Å²) in [6.45, 7) is 14.5. The molecule has 0 aliphatic carbocycles. The number of aromatic hydroxyl groups is 1. The number of phenols is 1. The Labute approximate surface area is 737 Å². The van der Waals surface area contributed by atoms with E-state index in [-0.39, 0.29) is 107 Å². The number of nitrogens with two attached hydrogens (primary N) is 2. The average molecular weight is 1760 g/mol. The second-order valence-corrected chi connectivity index (χ2v) is 33.6. The van der Waals surface area contributed by atoms with Crippen molar-refractivity contribution in [1.82, 2.24) is 80.1 Å². The molecule has 0 fully saturated rings. The second kappa shape index (κ2) is 54.2. The minimum Gasteiger partial charge on any atom is -0.508 e. The predicted octanol–water partition coefficient (Wildman–Crippen LogP) is 0.612. The fourth-order valence-corrected chi connectivity index (χ4v) is 14.1. The summed E-state index contributed by atoms with van der Waals surface area (Å²) in [5, 5.41) is 54.7. The number of ketones is 11. The molecule has 36 heteroatoms. The van der Waals surface area contributed by atoms with Crippen LogP contribution in [0, 0.1) is 5.92 Å². The first-order valence-corrected chi connectivity index (χ1v) is 43.5. The fourth-order valence-electron chi connectivity index (χ4n) is 14.1. The van der Waals surface area contributed by atoms with Crippen LogP contribution in [-0.2, 0) is 96.0 Å². The molecule has 0 saturated heterocycles. The molecule has 36 nitrogen and oxygen atoms in total. The van der Waals surface area contributed by atoms with Gasteiger partial charge in [0.2, 0.25) is 41.1 Å². The summed E-state index contributed by atoms with van der Waals surface area (Å²) in [5.74, 6) is -11.1. The SMILES string of the molecule is CC[C@@H]1NN[C@@H](CCC(N)=O)C(=O)CN[C@@H](C)C(=O)CC(=O)[C@H](Cc2c[nH]c3ccccc23)NN[C@@H](Cc2ccc(O)cc2)C(=O)CC(=O)[C@H](C)NCC(=O)[C@](C)(NN[C@@H](Cc2ccccc2)C(=O)C(=O)[C@@H](NC(=O)[C@H](CC(C)C)NC(C)=O)[C@@H](C)O)CCCCCC/C=C\CCC[C@@](C)(C(=O)N[C@@H](CO)C(=O)CN[C@@H](C)C(=O)CCN[C@@H](C)C(=O)CN)NC1=O. The quantitative estimate of drug-likeness (QED) is 0.0128. The number of hydrazine groups is 3. The first kappa shape index (κ1) is 106. The summed E-state index contributed by atoms with van der Waals surface area (Å²) < 4.78 is 0. The van der Waals surface area contributed by atoms with Gasteiger partial charge in [-0.25, -0.2) is 32.6 Å². The number of aliphatic hydroxyl groups is 2. The Morgan fingerprint density at radius 3 is 1.81 bits per heavy atom. The van der Waals surface area contributed by atoms with E-state index in [4.69, 9.17) is 11.5 Å². The van der Waals surface area contributed by atoms with Gasteiger partial charge in [-0.05, 0) is 166 Å². The number of Topliss-reactive ketones (excluding diaryl/α,β-unsaturated/α-hetero) is 11. The number of aliphatic hydroxyl groups excluding tert-OH is 2. The lowest BCUT2D eigenvalue weighted by atomic mass is 9.89. The zero-order chi connectivity index (χ0) is 93.4. The van der Waals surface area contributed by atoms with E-state index in [1.54, 1.807) is 75.5 Å². The molecule has 0 bridgehead atoms. The van der Waals surface area contributed by atoms with Crippen LogP contribution in [0.15, 0.2) is 97.2 Å². The highest BCUT2D eigenvalue weighted by Gasteiger charge is 2.42. The predicted molar refractivity (Wildman–Crippen MR) is 474 cm³/mol. The number of benzene rings is 3. The number of rotatable bonds is 36. The van der Waals surface area contributed by atoms with Crippen LogP contribution in [0.2, 0.25) is 0 Å². The number of amides is 5. The number of phenolic OH excluding ortho intramolecular Hbond substituents is 1. The van der Waals surface area contributed by atoms with Crippen molar-refractivity contribution >= 4 is 104 Å². The van der Waals surface area contributed by atoms with Gasteiger partial charge in [0.1, 0.15) is 29.4 Å². The maximum Gasteiger partial charge on any atom is 0.246 e. The van der Waals surface area contributed by atoms with E-state index in [1.165, 1.54) is 53.7 Å². The van der Waals surface area contributed by atoms with Crippen molar-refractivity contribution in [2.45, 2.75) is 288 Å². The molecule has 126 heavy (non-hydrogen) atoms. The first-order valence-electron chi connectivity index (χ1n) is 43.5. The average Bonchev–Trinajstić information content (AvgIpc) is 1.50. The molecule has 3 aromatic carbocycles. The zero-order valence-corrected chi connectivity index (χ0v) is 74.5. The number of aromatic amines is 1. The van der Waals surface area contributed by atoms with Gasteiger partial charge in [0.05, 0.1) is 112 Å². The topological polar surface area (TPSA) is 570 Å². The summed E-state index contributed by atoms with van der Waals surface area (Å²) in [6.07, 6.45) is 5.49. The molecule has 5 rings (SSSR count). The Kier molecular flexibility index (Phi) is 45.8. The number of hydrogen-bond donors (Lipinski definition) is 20. The molecule has 0 saturated carbocycles. The van der Waals surface area contributed by atoms with Crippen molar-refractivity contribution in [1.29, 1.82) is 0 Å². The van der Waals surface area contributed by atoms with Gasteiger partial charge in [-0.1, -0.05) is 113 Å². The number of hydrogen-bond acceptors (Lipinski definition) is 30. The van der Waals surface area contributed by atoms with Crippen molar-refractivity contribution in [2.75, 3.05) is 39.3 Å². The number of H-pyrrole nitrogens is 1. The molecule has 1 aromatic heterocycles. The van der Waals surface area contributed by atoms with Gasteiger partial charge < -0.3 is 74.3 Å². The molecule has 0 unspecified atom stereocenters. The number of fused-ring (bicyclic) bond motifs is 1. The van der Waals surface area contributed by atoms with E-state index >= 15 is 4.79 Å². The van der Waals surface area contributed by atoms with Crippen molar-refractivity contribution in [2.24, 2.45) is 17.4 Å². The van der Waals surface area contributed by atoms with E-state index < -0.39 is 210 Å². The van der Waals surface area contributed by atoms with Gasteiger partial charge in [-0.3, -0.25) is 76.7 Å². The Hall–Kier alpha value is -10.1. The van der Waals surface area contributed by atoms with Gasteiger partial charge in [0.15, 0.2) is 52.0 Å². The van der Waals surface area contributed by atoms with Crippen LogP contribution in [0.5, 0.6) is 5.75 Å². The molecule has 22 N–H and O–H groups in total. The third kappa shape index (κ3) is 36.0. The van der Waals surface area contributed by atoms with Gasteiger partial charge in [0, 0.05) is 43.4 Å². The van der Waals surface area contributed by atoms with E-state index in [1.807, 2.05) is 44.2 Å². The lowest BCUT2D eigenvalue weighted by Crippen LogP contribution is -2.64. The summed E-state index contributed by atoms with van der Waals surface area (Å²) >= 11 is 0. The monoisotopic (exact) mass is 1760 g/mol. The normalized spacial score (nSPS) is 23.1. The Balaban J connectivity index is 1.51. The van der Waals surface area contributed by atoms with E-state index in [0.717, 1.165) is 10.9 Å². The summed E-state index contributed by atoms with van der Waals surface area (Å²) in [5.41, 5.74) is 27.9. The number of allylic oxidation sites excluding steroid dienone is 2. The lowest BCUT2D eigenvalue weighted by molar-refractivity contribution is -0.142. The Morgan fingerprint density at radius 2 is 1.20 bits per heavy atom. The van der Waals surface area contributed by atoms with Crippen molar-refractivity contribution in [3.8, 4) is 5.75 Å². The largest absolute Gasteiger partial charge is 0.508 e. The van der Waals surface area contributed by atoms with Crippen molar-refractivity contribution in [3.05, 3.63) is 114 Å². The van der Waals surface area contributed by atoms with Crippen LogP contribution >= 0.6 is 0 Å². The molecule has 694 valence electrons. The second-order valence-electron chi connectivity index (χ2n) is 33.6. The molecular formula is C90H135N17O19. The Bertz CT molecular complexity index is 4350. The smallest absolute Gasteiger partial charge is 0.246 e. The number of primary amides is 1. The standard InChI is InChI=1S/C90H135N17O19/c1-12-65-87(125)101-90(11,88(126)99-72(52-108)80(119)50-94-54(4)73(112)37-40-93-57(7)78(117)47-91)39-26-19-17-15-13-14-16-18-25-38-89(10,107-106-70(43-60-27-21-20-22-28-60)84(122)85(123)83(58(8)109)100-86(124)71(41-53(2)3)98-59(9)110)81(120)51-96-56(6)75(114)45-76(115)68(42-61-31-33-63(111)34-32-61)104-105-69(44-62-48-97-66-30-24-23-29-64(62)66)77(116)46-74(113)55(5)95-49-79(118)67(103-102-65)35-36-82(92)121/h15,17,20-24,27-34,48,53-58,65,67-72,83,93-97,102-109,111H,12-14,16,18-19,25-26,35-47,49-52,91H2,1-11H3,(H2,92,121)(H,98,110)(H,99,126)(H,100,124)(H,101,125)/b17-15-/t54-,55-,56-,57-,58+,65-,67-,68-,69-,70-,71-,72-,83-,89+,90-/m0/s1. The molecule has 15 atom stereocenters. The summed E-state index contributed by atoms with van der Waals surface area (Å²) in [6, 6.07) is 7.30. The lowest BCUT2D eigenvalue weighted by Gasteiger charge is -2.33. The highest BCUT2D eigenvalue weighted by atomic mass is 16.3. The fraction of sp³-hybridized carbons (Fsp3) is 0.578. The number of carbonyl (C=O) groups is 16. The highest BCUT2D eigenvalue weighted by Crippen LogP contribution is 2.24. The molecule has 2 heterocycles. The van der Waals surface area contributed by atoms with Gasteiger partial charge in [0.25, 0.3) is 0 Å². The number of para-hydroxylation sites is 1. The van der Waals surface area contributed by atoms with Gasteiger partial charge in [-0.15, -0.1) is 0 Å². The van der Waals surface area contributed by atoms with E-state index in [2.05, 4.69) is 80.1 Å². The van der Waals surface area contributed by atoms with Crippen LogP contribution in [0.25, 0.3) is 10.9 Å². The highest BCUT2D eigenvalue weighted by molar-refractivity contribution is 6.41. The molecule has 0 spiro atoms. The van der Waals surface area contributed by atoms with E-state index in [9.17, 15) is 87.2 Å².